The van der Waals surface area contributed by atoms with Crippen LogP contribution in [-0.2, 0) is 10.0 Å². The lowest BCUT2D eigenvalue weighted by Crippen LogP contribution is -2.45. The smallest absolute Gasteiger partial charge is 0.212 e. The van der Waals surface area contributed by atoms with Crippen molar-refractivity contribution in [3.05, 3.63) is 0 Å². The minimum atomic E-state index is -3.05. The lowest BCUT2D eigenvalue weighted by molar-refractivity contribution is 0.257. The van der Waals surface area contributed by atoms with Gasteiger partial charge in [-0.1, -0.05) is 13.8 Å². The monoisotopic (exact) mass is 207 g/mol. The Kier molecular flexibility index (Phi) is 4.39. The van der Waals surface area contributed by atoms with Crippen molar-refractivity contribution in [2.75, 3.05) is 12.8 Å². The van der Waals surface area contributed by atoms with Gasteiger partial charge in [0.2, 0.25) is 10.0 Å². The zero-order valence-electron chi connectivity index (χ0n) is 9.29. The van der Waals surface area contributed by atoms with Gasteiger partial charge in [-0.15, -0.1) is 0 Å². The SMILES string of the molecule is CCCS(=O)(=O)N(C)C(C)(C)CC. The van der Waals surface area contributed by atoms with Crippen molar-refractivity contribution in [3.63, 3.8) is 0 Å². The molecule has 0 saturated carbocycles. The van der Waals surface area contributed by atoms with Crippen LogP contribution < -0.4 is 0 Å². The molecule has 0 aliphatic heterocycles. The van der Waals surface area contributed by atoms with Crippen LogP contribution >= 0.6 is 0 Å². The molecule has 0 aromatic heterocycles. The predicted molar refractivity (Wildman–Crippen MR) is 56.2 cm³/mol. The maximum absolute atomic E-state index is 11.7. The summed E-state index contributed by atoms with van der Waals surface area (Å²) in [5.41, 5.74) is -0.270. The van der Waals surface area contributed by atoms with Gasteiger partial charge in [0.25, 0.3) is 0 Å². The van der Waals surface area contributed by atoms with Crippen LogP contribution in [0.15, 0.2) is 0 Å². The van der Waals surface area contributed by atoms with Crippen molar-refractivity contribution >= 4 is 10.0 Å². The molecule has 13 heavy (non-hydrogen) atoms. The zero-order chi connectivity index (χ0) is 10.7. The molecular weight excluding hydrogens is 186 g/mol. The number of hydrogen-bond acceptors (Lipinski definition) is 2. The first-order valence-electron chi connectivity index (χ1n) is 4.74. The second kappa shape index (κ2) is 4.42. The molecule has 0 atom stereocenters. The molecule has 0 rings (SSSR count). The average molecular weight is 207 g/mol. The van der Waals surface area contributed by atoms with Gasteiger partial charge >= 0.3 is 0 Å². The Morgan fingerprint density at radius 2 is 1.69 bits per heavy atom. The van der Waals surface area contributed by atoms with Crippen molar-refractivity contribution in [1.82, 2.24) is 4.31 Å². The van der Waals surface area contributed by atoms with Gasteiger partial charge in [-0.3, -0.25) is 0 Å². The largest absolute Gasteiger partial charge is 0.214 e. The van der Waals surface area contributed by atoms with Crippen LogP contribution in [-0.4, -0.2) is 31.1 Å². The molecule has 0 heterocycles. The van der Waals surface area contributed by atoms with E-state index in [0.717, 1.165) is 6.42 Å². The standard InChI is InChI=1S/C9H21NO2S/c1-6-8-13(11,12)10(5)9(3,4)7-2/h6-8H2,1-5H3. The van der Waals surface area contributed by atoms with Crippen LogP contribution in [0.3, 0.4) is 0 Å². The van der Waals surface area contributed by atoms with Gasteiger partial charge in [-0.2, -0.15) is 4.31 Å². The molecule has 0 N–H and O–H groups in total. The molecule has 0 aliphatic rings. The Hall–Kier alpha value is -0.0900. The summed E-state index contributed by atoms with van der Waals surface area (Å²) in [4.78, 5) is 0. The van der Waals surface area contributed by atoms with Crippen molar-refractivity contribution in [3.8, 4) is 0 Å². The number of nitrogens with zero attached hydrogens (tertiary/aromatic N) is 1. The molecule has 0 unspecified atom stereocenters. The molecule has 0 aliphatic carbocycles. The summed E-state index contributed by atoms with van der Waals surface area (Å²) in [6.07, 6.45) is 1.50. The van der Waals surface area contributed by atoms with E-state index in [4.69, 9.17) is 0 Å². The van der Waals surface area contributed by atoms with Gasteiger partial charge in [0.1, 0.15) is 0 Å². The molecule has 3 nitrogen and oxygen atoms in total. The van der Waals surface area contributed by atoms with Gasteiger partial charge < -0.3 is 0 Å². The molecule has 0 radical (unpaired) electrons. The first-order valence-corrected chi connectivity index (χ1v) is 6.35. The first kappa shape index (κ1) is 12.9. The Bertz CT molecular complexity index is 244. The van der Waals surface area contributed by atoms with Crippen LogP contribution in [0.1, 0.15) is 40.5 Å². The lowest BCUT2D eigenvalue weighted by Gasteiger charge is -2.33. The van der Waals surface area contributed by atoms with E-state index in [1.165, 1.54) is 4.31 Å². The summed E-state index contributed by atoms with van der Waals surface area (Å²) in [5, 5.41) is 0. The summed E-state index contributed by atoms with van der Waals surface area (Å²) in [7, 11) is -1.39. The van der Waals surface area contributed by atoms with Crippen LogP contribution in [0, 0.1) is 0 Å². The third-order valence-electron chi connectivity index (χ3n) is 2.60. The Morgan fingerprint density at radius 1 is 1.23 bits per heavy atom. The Labute approximate surface area is 82.2 Å². The maximum Gasteiger partial charge on any atom is 0.214 e. The van der Waals surface area contributed by atoms with E-state index in [1.807, 2.05) is 27.7 Å². The average Bonchev–Trinajstić information content (AvgIpc) is 2.03. The summed E-state index contributed by atoms with van der Waals surface area (Å²) in [6.45, 7) is 7.77. The van der Waals surface area contributed by atoms with E-state index < -0.39 is 10.0 Å². The quantitative estimate of drug-likeness (QED) is 0.690. The maximum atomic E-state index is 11.7. The van der Waals surface area contributed by atoms with E-state index in [2.05, 4.69) is 0 Å². The minimum absolute atomic E-state index is 0.243. The van der Waals surface area contributed by atoms with E-state index in [-0.39, 0.29) is 11.3 Å². The van der Waals surface area contributed by atoms with Crippen LogP contribution in [0.25, 0.3) is 0 Å². The van der Waals surface area contributed by atoms with Crippen molar-refractivity contribution in [2.24, 2.45) is 0 Å². The third kappa shape index (κ3) is 3.27. The molecule has 0 bridgehead atoms. The van der Waals surface area contributed by atoms with Gasteiger partial charge in [0.15, 0.2) is 0 Å². The highest BCUT2D eigenvalue weighted by Gasteiger charge is 2.30. The molecular formula is C9H21NO2S. The number of hydrogen-bond donors (Lipinski definition) is 0. The van der Waals surface area contributed by atoms with E-state index in [1.54, 1.807) is 7.05 Å². The van der Waals surface area contributed by atoms with Gasteiger partial charge in [0.05, 0.1) is 5.75 Å². The van der Waals surface area contributed by atoms with Crippen LogP contribution in [0.4, 0.5) is 0 Å². The predicted octanol–water partition coefficient (Wildman–Crippen LogP) is 1.85. The van der Waals surface area contributed by atoms with Gasteiger partial charge in [0, 0.05) is 12.6 Å². The fourth-order valence-electron chi connectivity index (χ4n) is 0.994. The van der Waals surface area contributed by atoms with E-state index in [9.17, 15) is 8.42 Å². The van der Waals surface area contributed by atoms with E-state index >= 15 is 0 Å². The van der Waals surface area contributed by atoms with Crippen LogP contribution in [0.5, 0.6) is 0 Å². The highest BCUT2D eigenvalue weighted by atomic mass is 32.2. The summed E-state index contributed by atoms with van der Waals surface area (Å²) >= 11 is 0. The summed E-state index contributed by atoms with van der Waals surface area (Å²) in [6, 6.07) is 0. The molecule has 0 aromatic rings. The molecule has 0 saturated heterocycles. The highest BCUT2D eigenvalue weighted by molar-refractivity contribution is 7.89. The van der Waals surface area contributed by atoms with Crippen LogP contribution in [0.2, 0.25) is 0 Å². The van der Waals surface area contributed by atoms with Gasteiger partial charge in [-0.05, 0) is 26.7 Å². The molecule has 0 aromatic carbocycles. The molecule has 80 valence electrons. The van der Waals surface area contributed by atoms with Crippen molar-refractivity contribution in [2.45, 2.75) is 46.1 Å². The normalized spacial score (nSPS) is 13.7. The first-order chi connectivity index (χ1) is 5.78. The molecule has 0 fully saturated rings. The number of rotatable bonds is 5. The molecule has 0 amide bonds. The third-order valence-corrected chi connectivity index (χ3v) is 4.85. The summed E-state index contributed by atoms with van der Waals surface area (Å²) in [5.74, 6) is 0.243. The lowest BCUT2D eigenvalue weighted by atomic mass is 10.0. The second-order valence-corrected chi connectivity index (χ2v) is 6.07. The van der Waals surface area contributed by atoms with Crippen molar-refractivity contribution < 1.29 is 8.42 Å². The Balaban J connectivity index is 4.69. The number of sulfonamides is 1. The topological polar surface area (TPSA) is 37.4 Å². The van der Waals surface area contributed by atoms with E-state index in [0.29, 0.717) is 6.42 Å². The minimum Gasteiger partial charge on any atom is -0.212 e. The molecule has 4 heteroatoms. The second-order valence-electron chi connectivity index (χ2n) is 3.95. The highest BCUT2D eigenvalue weighted by Crippen LogP contribution is 2.20. The van der Waals surface area contributed by atoms with Gasteiger partial charge in [-0.25, -0.2) is 8.42 Å². The molecule has 0 spiro atoms. The zero-order valence-corrected chi connectivity index (χ0v) is 10.1. The Morgan fingerprint density at radius 3 is 2.00 bits per heavy atom. The van der Waals surface area contributed by atoms with Crippen molar-refractivity contribution in [1.29, 1.82) is 0 Å². The fraction of sp³-hybridized carbons (Fsp3) is 1.00. The fourth-order valence-corrected chi connectivity index (χ4v) is 2.67. The summed E-state index contributed by atoms with van der Waals surface area (Å²) < 4.78 is 24.8.